The van der Waals surface area contributed by atoms with E-state index in [1.807, 2.05) is 24.6 Å². The van der Waals surface area contributed by atoms with Crippen LogP contribution in [0.5, 0.6) is 0 Å². The lowest BCUT2D eigenvalue weighted by molar-refractivity contribution is 0.363. The summed E-state index contributed by atoms with van der Waals surface area (Å²) in [6.07, 6.45) is 4.65. The van der Waals surface area contributed by atoms with E-state index in [0.29, 0.717) is 6.04 Å². The Hall–Kier alpha value is -0.610. The Kier molecular flexibility index (Phi) is 3.82. The zero-order valence-corrected chi connectivity index (χ0v) is 11.2. The van der Waals surface area contributed by atoms with Crippen LogP contribution in [0.3, 0.4) is 0 Å². The fourth-order valence-electron chi connectivity index (χ4n) is 2.29. The van der Waals surface area contributed by atoms with Gasteiger partial charge in [0.05, 0.1) is 0 Å². The minimum Gasteiger partial charge on any atom is -0.345 e. The van der Waals surface area contributed by atoms with Crippen molar-refractivity contribution >= 4 is 16.5 Å². The molecule has 2 atom stereocenters. The zero-order chi connectivity index (χ0) is 11.5. The molecule has 1 aromatic rings. The van der Waals surface area contributed by atoms with E-state index in [1.165, 1.54) is 22.9 Å². The van der Waals surface area contributed by atoms with Crippen molar-refractivity contribution in [1.29, 1.82) is 0 Å². The van der Waals surface area contributed by atoms with Crippen LogP contribution in [0.15, 0.2) is 6.20 Å². The highest BCUT2D eigenvalue weighted by molar-refractivity contribution is 7.15. The summed E-state index contributed by atoms with van der Waals surface area (Å²) in [5, 5.41) is 4.37. The molecular weight excluding hydrogens is 218 g/mol. The molecule has 1 aliphatic heterocycles. The molecule has 4 heteroatoms. The van der Waals surface area contributed by atoms with Crippen molar-refractivity contribution in [2.24, 2.45) is 5.92 Å². The standard InChI is InChI=1S/C12H21N3S/c1-9-5-4-6-15(10(9)2)12-14-8-11(16-12)7-13-3/h8-10,13H,4-7H2,1-3H3. The maximum absolute atomic E-state index is 4.55. The molecule has 1 saturated heterocycles. The Morgan fingerprint density at radius 3 is 3.12 bits per heavy atom. The lowest BCUT2D eigenvalue weighted by atomic mass is 9.93. The smallest absolute Gasteiger partial charge is 0.185 e. The number of thiazole rings is 1. The van der Waals surface area contributed by atoms with Gasteiger partial charge < -0.3 is 10.2 Å². The molecule has 2 rings (SSSR count). The molecule has 1 fully saturated rings. The largest absolute Gasteiger partial charge is 0.345 e. The summed E-state index contributed by atoms with van der Waals surface area (Å²) in [5.41, 5.74) is 0. The highest BCUT2D eigenvalue weighted by atomic mass is 32.1. The Morgan fingerprint density at radius 2 is 2.38 bits per heavy atom. The van der Waals surface area contributed by atoms with Crippen molar-refractivity contribution in [3.8, 4) is 0 Å². The first-order chi connectivity index (χ1) is 7.72. The second-order valence-electron chi connectivity index (χ2n) is 4.69. The summed E-state index contributed by atoms with van der Waals surface area (Å²) in [4.78, 5) is 8.34. The molecule has 90 valence electrons. The number of nitrogens with zero attached hydrogens (tertiary/aromatic N) is 2. The second kappa shape index (κ2) is 5.15. The van der Waals surface area contributed by atoms with E-state index in [4.69, 9.17) is 0 Å². The van der Waals surface area contributed by atoms with Gasteiger partial charge in [-0.3, -0.25) is 0 Å². The van der Waals surface area contributed by atoms with E-state index in [9.17, 15) is 0 Å². The normalized spacial score (nSPS) is 26.1. The molecule has 1 aliphatic rings. The number of nitrogens with one attached hydrogen (secondary N) is 1. The van der Waals surface area contributed by atoms with Gasteiger partial charge in [0.2, 0.25) is 0 Å². The van der Waals surface area contributed by atoms with Crippen LogP contribution < -0.4 is 10.2 Å². The molecule has 0 spiro atoms. The van der Waals surface area contributed by atoms with Gasteiger partial charge >= 0.3 is 0 Å². The number of rotatable bonds is 3. The first-order valence-electron chi connectivity index (χ1n) is 6.08. The first-order valence-corrected chi connectivity index (χ1v) is 6.90. The highest BCUT2D eigenvalue weighted by Crippen LogP contribution is 2.31. The number of hydrogen-bond acceptors (Lipinski definition) is 4. The molecule has 0 radical (unpaired) electrons. The van der Waals surface area contributed by atoms with Gasteiger partial charge in [-0.25, -0.2) is 4.98 Å². The van der Waals surface area contributed by atoms with Crippen LogP contribution in [0.2, 0.25) is 0 Å². The molecule has 3 nitrogen and oxygen atoms in total. The van der Waals surface area contributed by atoms with Gasteiger partial charge in [0.1, 0.15) is 0 Å². The Morgan fingerprint density at radius 1 is 1.56 bits per heavy atom. The SMILES string of the molecule is CNCc1cnc(N2CCCC(C)C2C)s1. The number of anilines is 1. The van der Waals surface area contributed by atoms with Gasteiger partial charge in [-0.05, 0) is 32.7 Å². The molecule has 1 aromatic heterocycles. The Labute approximate surface area is 102 Å². The van der Waals surface area contributed by atoms with Crippen LogP contribution >= 0.6 is 11.3 Å². The fourth-order valence-corrected chi connectivity index (χ4v) is 3.33. The van der Waals surface area contributed by atoms with Gasteiger partial charge in [-0.1, -0.05) is 6.92 Å². The first kappa shape index (κ1) is 11.9. The summed E-state index contributed by atoms with van der Waals surface area (Å²) in [6.45, 7) is 6.76. The molecule has 0 bridgehead atoms. The second-order valence-corrected chi connectivity index (χ2v) is 5.79. The van der Waals surface area contributed by atoms with Gasteiger partial charge in [0.25, 0.3) is 0 Å². The average Bonchev–Trinajstić information content (AvgIpc) is 2.71. The third-order valence-corrected chi connectivity index (χ3v) is 4.55. The molecule has 0 amide bonds. The fraction of sp³-hybridized carbons (Fsp3) is 0.750. The predicted molar refractivity (Wildman–Crippen MR) is 70.1 cm³/mol. The van der Waals surface area contributed by atoms with E-state index in [0.717, 1.165) is 19.0 Å². The molecule has 1 N–H and O–H groups in total. The van der Waals surface area contributed by atoms with Crippen molar-refractivity contribution in [3.05, 3.63) is 11.1 Å². The lowest BCUT2D eigenvalue weighted by Crippen LogP contribution is -2.42. The van der Waals surface area contributed by atoms with Crippen LogP contribution in [-0.2, 0) is 6.54 Å². The van der Waals surface area contributed by atoms with Gasteiger partial charge in [0, 0.05) is 30.2 Å². The third-order valence-electron chi connectivity index (χ3n) is 3.51. The van der Waals surface area contributed by atoms with Crippen LogP contribution in [0, 0.1) is 5.92 Å². The summed E-state index contributed by atoms with van der Waals surface area (Å²) < 4.78 is 0. The number of hydrogen-bond donors (Lipinski definition) is 1. The minimum atomic E-state index is 0.627. The molecule has 0 aliphatic carbocycles. The summed E-state index contributed by atoms with van der Waals surface area (Å²) in [7, 11) is 1.98. The third kappa shape index (κ3) is 2.38. The minimum absolute atomic E-state index is 0.627. The summed E-state index contributed by atoms with van der Waals surface area (Å²) in [5.74, 6) is 0.783. The van der Waals surface area contributed by atoms with E-state index in [1.54, 1.807) is 0 Å². The van der Waals surface area contributed by atoms with E-state index in [2.05, 4.69) is 29.0 Å². The molecule has 2 heterocycles. The quantitative estimate of drug-likeness (QED) is 0.878. The average molecular weight is 239 g/mol. The molecular formula is C12H21N3S. The van der Waals surface area contributed by atoms with Crippen molar-refractivity contribution in [2.75, 3.05) is 18.5 Å². The van der Waals surface area contributed by atoms with E-state index >= 15 is 0 Å². The highest BCUT2D eigenvalue weighted by Gasteiger charge is 2.26. The van der Waals surface area contributed by atoms with Crippen molar-refractivity contribution < 1.29 is 0 Å². The van der Waals surface area contributed by atoms with Gasteiger partial charge in [-0.2, -0.15) is 0 Å². The predicted octanol–water partition coefficient (Wildman–Crippen LogP) is 2.49. The van der Waals surface area contributed by atoms with Crippen molar-refractivity contribution in [1.82, 2.24) is 10.3 Å². The lowest BCUT2D eigenvalue weighted by Gasteiger charge is -2.37. The zero-order valence-electron chi connectivity index (χ0n) is 10.4. The molecule has 0 saturated carbocycles. The van der Waals surface area contributed by atoms with E-state index in [-0.39, 0.29) is 0 Å². The summed E-state index contributed by atoms with van der Waals surface area (Å²) >= 11 is 1.82. The number of aromatic nitrogens is 1. The van der Waals surface area contributed by atoms with E-state index < -0.39 is 0 Å². The maximum Gasteiger partial charge on any atom is 0.185 e. The molecule has 2 unspecified atom stereocenters. The van der Waals surface area contributed by atoms with Crippen LogP contribution in [0.4, 0.5) is 5.13 Å². The van der Waals surface area contributed by atoms with Crippen LogP contribution in [0.25, 0.3) is 0 Å². The number of piperidine rings is 1. The summed E-state index contributed by atoms with van der Waals surface area (Å²) in [6, 6.07) is 0.627. The van der Waals surface area contributed by atoms with Crippen molar-refractivity contribution in [3.63, 3.8) is 0 Å². The Bertz CT molecular complexity index is 337. The molecule has 16 heavy (non-hydrogen) atoms. The molecule has 0 aromatic carbocycles. The van der Waals surface area contributed by atoms with Gasteiger partial charge in [0.15, 0.2) is 5.13 Å². The van der Waals surface area contributed by atoms with Gasteiger partial charge in [-0.15, -0.1) is 11.3 Å². The maximum atomic E-state index is 4.55. The monoisotopic (exact) mass is 239 g/mol. The van der Waals surface area contributed by atoms with Crippen LogP contribution in [-0.4, -0.2) is 24.6 Å². The topological polar surface area (TPSA) is 28.2 Å². The van der Waals surface area contributed by atoms with Crippen molar-refractivity contribution in [2.45, 2.75) is 39.3 Å². The Balaban J connectivity index is 2.09. The van der Waals surface area contributed by atoms with Crippen LogP contribution in [0.1, 0.15) is 31.6 Å².